The molecule has 0 bridgehead atoms. The Hall–Kier alpha value is -1.75. The van der Waals surface area contributed by atoms with Gasteiger partial charge in [-0.05, 0) is 42.8 Å². The van der Waals surface area contributed by atoms with Crippen molar-refractivity contribution in [2.45, 2.75) is 6.92 Å². The van der Waals surface area contributed by atoms with Crippen molar-refractivity contribution < 1.29 is 14.3 Å². The van der Waals surface area contributed by atoms with E-state index in [9.17, 15) is 9.59 Å². The van der Waals surface area contributed by atoms with Crippen LogP contribution < -0.4 is 15.4 Å². The van der Waals surface area contributed by atoms with Gasteiger partial charge in [-0.2, -0.15) is 0 Å². The molecule has 0 spiro atoms. The van der Waals surface area contributed by atoms with Crippen molar-refractivity contribution in [1.82, 2.24) is 5.32 Å². The molecule has 17 heavy (non-hydrogen) atoms. The predicted octanol–water partition coefficient (Wildman–Crippen LogP) is 1.97. The van der Waals surface area contributed by atoms with Crippen LogP contribution in [-0.4, -0.2) is 24.4 Å². The Balaban J connectivity index is 2.45. The lowest BCUT2D eigenvalue weighted by Crippen LogP contribution is -2.29. The van der Waals surface area contributed by atoms with E-state index in [0.717, 1.165) is 5.75 Å². The summed E-state index contributed by atoms with van der Waals surface area (Å²) < 4.78 is 5.26. The Morgan fingerprint density at radius 1 is 1.29 bits per heavy atom. The average Bonchev–Trinajstić information content (AvgIpc) is 2.29. The number of carbonyl (C=O) groups excluding carboxylic acids is 2. The van der Waals surface area contributed by atoms with E-state index in [-0.39, 0.29) is 12.5 Å². The van der Waals surface area contributed by atoms with E-state index >= 15 is 0 Å². The molecule has 0 fully saturated rings. The summed E-state index contributed by atoms with van der Waals surface area (Å²) in [7, 11) is 0. The molecular weight excluding hydrogens is 244 g/mol. The van der Waals surface area contributed by atoms with Gasteiger partial charge in [-0.15, -0.1) is 0 Å². The first-order valence-electron chi connectivity index (χ1n) is 5.08. The van der Waals surface area contributed by atoms with E-state index in [4.69, 9.17) is 16.3 Å². The molecule has 0 aliphatic rings. The van der Waals surface area contributed by atoms with Gasteiger partial charge in [-0.25, -0.2) is 0 Å². The highest BCUT2D eigenvalue weighted by Gasteiger charge is 2.03. The summed E-state index contributed by atoms with van der Waals surface area (Å²) in [6.45, 7) is 2.33. The van der Waals surface area contributed by atoms with Crippen LogP contribution in [0.15, 0.2) is 24.3 Å². The van der Waals surface area contributed by atoms with Crippen molar-refractivity contribution >= 4 is 28.6 Å². The molecule has 1 rings (SSSR count). The molecule has 6 heteroatoms. The van der Waals surface area contributed by atoms with Crippen molar-refractivity contribution in [3.8, 4) is 5.75 Å². The summed E-state index contributed by atoms with van der Waals surface area (Å²) in [5.41, 5.74) is 0.627. The number of halogens is 1. The van der Waals surface area contributed by atoms with Crippen molar-refractivity contribution in [2.75, 3.05) is 18.5 Å². The maximum absolute atomic E-state index is 11.3. The Labute approximate surface area is 104 Å². The minimum absolute atomic E-state index is 0.157. The predicted molar refractivity (Wildman–Crippen MR) is 65.5 cm³/mol. The maximum atomic E-state index is 11.3. The van der Waals surface area contributed by atoms with E-state index in [1.54, 1.807) is 24.3 Å². The molecule has 0 atom stereocenters. The number of ether oxygens (including phenoxy) is 1. The zero-order valence-electron chi connectivity index (χ0n) is 9.33. The lowest BCUT2D eigenvalue weighted by molar-refractivity contribution is -0.115. The molecule has 2 N–H and O–H groups in total. The minimum Gasteiger partial charge on any atom is -0.494 e. The monoisotopic (exact) mass is 256 g/mol. The van der Waals surface area contributed by atoms with E-state index in [1.807, 2.05) is 6.92 Å². The second-order valence-corrected chi connectivity index (χ2v) is 3.48. The van der Waals surface area contributed by atoms with Crippen LogP contribution in [0.3, 0.4) is 0 Å². The first kappa shape index (κ1) is 13.3. The third-order valence-electron chi connectivity index (χ3n) is 1.84. The van der Waals surface area contributed by atoms with Gasteiger partial charge >= 0.3 is 5.37 Å². The van der Waals surface area contributed by atoms with Crippen LogP contribution in [-0.2, 0) is 4.79 Å². The van der Waals surface area contributed by atoms with Crippen LogP contribution in [0, 0.1) is 0 Å². The number of benzene rings is 1. The number of rotatable bonds is 5. The van der Waals surface area contributed by atoms with Crippen LogP contribution in [0.5, 0.6) is 5.75 Å². The van der Waals surface area contributed by atoms with Crippen molar-refractivity contribution in [3.63, 3.8) is 0 Å². The third-order valence-corrected chi connectivity index (χ3v) is 1.97. The van der Waals surface area contributed by atoms with E-state index < -0.39 is 5.37 Å². The van der Waals surface area contributed by atoms with Crippen molar-refractivity contribution in [1.29, 1.82) is 0 Å². The van der Waals surface area contributed by atoms with E-state index in [0.29, 0.717) is 12.3 Å². The molecule has 0 aliphatic heterocycles. The number of hydrogen-bond donors (Lipinski definition) is 2. The summed E-state index contributed by atoms with van der Waals surface area (Å²) in [6, 6.07) is 6.93. The van der Waals surface area contributed by atoms with Crippen molar-refractivity contribution in [3.05, 3.63) is 24.3 Å². The van der Waals surface area contributed by atoms with Crippen LogP contribution in [0.4, 0.5) is 10.5 Å². The second kappa shape index (κ2) is 6.75. The van der Waals surface area contributed by atoms with Gasteiger partial charge in [-0.1, -0.05) is 0 Å². The highest BCUT2D eigenvalue weighted by molar-refractivity contribution is 6.63. The summed E-state index contributed by atoms with van der Waals surface area (Å²) >= 11 is 5.03. The molecule has 0 radical (unpaired) electrons. The van der Waals surface area contributed by atoms with Gasteiger partial charge in [0.05, 0.1) is 13.2 Å². The molecule has 0 unspecified atom stereocenters. The van der Waals surface area contributed by atoms with Gasteiger partial charge in [0, 0.05) is 5.69 Å². The van der Waals surface area contributed by atoms with E-state index in [2.05, 4.69) is 10.6 Å². The molecule has 0 heterocycles. The Morgan fingerprint density at radius 2 is 1.94 bits per heavy atom. The zero-order valence-corrected chi connectivity index (χ0v) is 10.1. The molecule has 0 saturated carbocycles. The fourth-order valence-electron chi connectivity index (χ4n) is 1.16. The first-order valence-corrected chi connectivity index (χ1v) is 5.45. The van der Waals surface area contributed by atoms with Gasteiger partial charge < -0.3 is 15.4 Å². The van der Waals surface area contributed by atoms with Gasteiger partial charge in [0.1, 0.15) is 5.75 Å². The fraction of sp³-hybridized carbons (Fsp3) is 0.273. The second-order valence-electron chi connectivity index (χ2n) is 3.13. The normalized spacial score (nSPS) is 9.53. The maximum Gasteiger partial charge on any atom is 0.314 e. The highest BCUT2D eigenvalue weighted by atomic mass is 35.5. The summed E-state index contributed by atoms with van der Waals surface area (Å²) in [4.78, 5) is 21.7. The van der Waals surface area contributed by atoms with Gasteiger partial charge in [-0.3, -0.25) is 9.59 Å². The molecule has 0 aromatic heterocycles. The quantitative estimate of drug-likeness (QED) is 0.625. The molecule has 92 valence electrons. The molecule has 1 aromatic carbocycles. The molecule has 1 aromatic rings. The number of anilines is 1. The third kappa shape index (κ3) is 5.21. The first-order chi connectivity index (χ1) is 8.11. The largest absolute Gasteiger partial charge is 0.494 e. The summed E-state index contributed by atoms with van der Waals surface area (Å²) in [5, 5.41) is 4.03. The smallest absolute Gasteiger partial charge is 0.314 e. The Kier molecular flexibility index (Phi) is 5.29. The average molecular weight is 257 g/mol. The molecule has 5 nitrogen and oxygen atoms in total. The van der Waals surface area contributed by atoms with Crippen LogP contribution in [0.1, 0.15) is 6.92 Å². The highest BCUT2D eigenvalue weighted by Crippen LogP contribution is 2.15. The standard InChI is InChI=1S/C11H13ClN2O3/c1-2-17-9-5-3-8(4-6-9)14-10(15)7-13-11(12)16/h3-6H,2,7H2,1H3,(H,13,16)(H,14,15). The van der Waals surface area contributed by atoms with E-state index in [1.165, 1.54) is 0 Å². The topological polar surface area (TPSA) is 67.4 Å². The SMILES string of the molecule is CCOc1ccc(NC(=O)CNC(=O)Cl)cc1. The van der Waals surface area contributed by atoms with Gasteiger partial charge in [0.2, 0.25) is 5.91 Å². The zero-order chi connectivity index (χ0) is 12.7. The van der Waals surface area contributed by atoms with Crippen LogP contribution in [0.25, 0.3) is 0 Å². The van der Waals surface area contributed by atoms with Gasteiger partial charge in [0.15, 0.2) is 0 Å². The van der Waals surface area contributed by atoms with Crippen LogP contribution >= 0.6 is 11.6 Å². The summed E-state index contributed by atoms with van der Waals surface area (Å²) in [5.74, 6) is 0.391. The van der Waals surface area contributed by atoms with Gasteiger partial charge in [0.25, 0.3) is 0 Å². The number of nitrogens with one attached hydrogen (secondary N) is 2. The lowest BCUT2D eigenvalue weighted by Gasteiger charge is -2.06. The molecule has 0 saturated heterocycles. The molecular formula is C11H13ClN2O3. The Bertz CT molecular complexity index is 392. The van der Waals surface area contributed by atoms with Crippen LogP contribution in [0.2, 0.25) is 0 Å². The Morgan fingerprint density at radius 3 is 2.47 bits per heavy atom. The number of carbonyl (C=O) groups is 2. The minimum atomic E-state index is -0.758. The number of amides is 2. The fourth-order valence-corrected chi connectivity index (χ4v) is 1.22. The number of hydrogen-bond acceptors (Lipinski definition) is 3. The molecule has 0 aliphatic carbocycles. The lowest BCUT2D eigenvalue weighted by atomic mass is 10.3. The van der Waals surface area contributed by atoms with Crippen molar-refractivity contribution in [2.24, 2.45) is 0 Å². The summed E-state index contributed by atoms with van der Waals surface area (Å²) in [6.07, 6.45) is 0. The molecule has 2 amide bonds.